The van der Waals surface area contributed by atoms with Gasteiger partial charge in [0.05, 0.1) is 7.11 Å². The van der Waals surface area contributed by atoms with E-state index < -0.39 is 6.04 Å². The highest BCUT2D eigenvalue weighted by molar-refractivity contribution is 5.87. The van der Waals surface area contributed by atoms with E-state index in [1.54, 1.807) is 18.9 Å². The lowest BCUT2D eigenvalue weighted by molar-refractivity contribution is -0.142. The van der Waals surface area contributed by atoms with Crippen LogP contribution in [0.5, 0.6) is 11.5 Å². The van der Waals surface area contributed by atoms with Crippen molar-refractivity contribution in [3.63, 3.8) is 0 Å². The number of nitrogens with zero attached hydrogens (tertiary/aromatic N) is 1. The molecule has 0 aliphatic heterocycles. The van der Waals surface area contributed by atoms with Crippen molar-refractivity contribution in [3.05, 3.63) is 59.7 Å². The Balaban J connectivity index is 2.13. The highest BCUT2D eigenvalue weighted by atomic mass is 16.5. The molecule has 6 heteroatoms. The lowest BCUT2D eigenvalue weighted by Crippen LogP contribution is -2.49. The van der Waals surface area contributed by atoms with Gasteiger partial charge in [-0.05, 0) is 54.2 Å². The van der Waals surface area contributed by atoms with E-state index in [1.807, 2.05) is 48.5 Å². The minimum absolute atomic E-state index is 0.0441. The number of hydrogen-bond acceptors (Lipinski definition) is 4. The predicted molar refractivity (Wildman–Crippen MR) is 132 cm³/mol. The SMILES string of the molecule is CCCCNC(=O)C(C)N(Cc1cccc(OC)c1)C(=O)COc1ccc(C(C)(C)C)cc1. The number of carbonyl (C=O) groups excluding carboxylic acids is 2. The van der Waals surface area contributed by atoms with Crippen LogP contribution in [0, 0.1) is 0 Å². The summed E-state index contributed by atoms with van der Waals surface area (Å²) < 4.78 is 11.1. The van der Waals surface area contributed by atoms with Crippen LogP contribution in [-0.4, -0.2) is 43.0 Å². The highest BCUT2D eigenvalue weighted by Gasteiger charge is 2.26. The fourth-order valence-electron chi connectivity index (χ4n) is 3.37. The molecule has 0 saturated heterocycles. The van der Waals surface area contributed by atoms with Gasteiger partial charge >= 0.3 is 0 Å². The third-order valence-corrected chi connectivity index (χ3v) is 5.57. The van der Waals surface area contributed by atoms with Crippen molar-refractivity contribution in [2.24, 2.45) is 0 Å². The monoisotopic (exact) mass is 454 g/mol. The van der Waals surface area contributed by atoms with Crippen molar-refractivity contribution in [1.29, 1.82) is 0 Å². The van der Waals surface area contributed by atoms with E-state index in [0.29, 0.717) is 18.0 Å². The van der Waals surface area contributed by atoms with Gasteiger partial charge in [0.1, 0.15) is 17.5 Å². The summed E-state index contributed by atoms with van der Waals surface area (Å²) >= 11 is 0. The molecular weight excluding hydrogens is 416 g/mol. The van der Waals surface area contributed by atoms with Crippen LogP contribution in [-0.2, 0) is 21.5 Å². The summed E-state index contributed by atoms with van der Waals surface area (Å²) in [6.07, 6.45) is 1.89. The molecule has 2 aromatic carbocycles. The lowest BCUT2D eigenvalue weighted by Gasteiger charge is -2.29. The highest BCUT2D eigenvalue weighted by Crippen LogP contribution is 2.24. The van der Waals surface area contributed by atoms with Gasteiger partial charge in [0.2, 0.25) is 5.91 Å². The fraction of sp³-hybridized carbons (Fsp3) is 0.481. The molecule has 6 nitrogen and oxygen atoms in total. The summed E-state index contributed by atoms with van der Waals surface area (Å²) in [6, 6.07) is 14.6. The van der Waals surface area contributed by atoms with Gasteiger partial charge in [-0.15, -0.1) is 0 Å². The second-order valence-electron chi connectivity index (χ2n) is 9.26. The van der Waals surface area contributed by atoms with Crippen molar-refractivity contribution >= 4 is 11.8 Å². The van der Waals surface area contributed by atoms with Gasteiger partial charge in [-0.3, -0.25) is 9.59 Å². The molecule has 2 aromatic rings. The number of carbonyl (C=O) groups is 2. The van der Waals surface area contributed by atoms with Crippen molar-refractivity contribution in [2.75, 3.05) is 20.3 Å². The van der Waals surface area contributed by atoms with Crippen LogP contribution in [0.4, 0.5) is 0 Å². The number of amides is 2. The Morgan fingerprint density at radius 2 is 1.76 bits per heavy atom. The number of ether oxygens (including phenoxy) is 2. The third-order valence-electron chi connectivity index (χ3n) is 5.57. The van der Waals surface area contributed by atoms with Crippen LogP contribution in [0.2, 0.25) is 0 Å². The Morgan fingerprint density at radius 1 is 1.06 bits per heavy atom. The lowest BCUT2D eigenvalue weighted by atomic mass is 9.87. The summed E-state index contributed by atoms with van der Waals surface area (Å²) in [5, 5.41) is 2.92. The Hall–Kier alpha value is -3.02. The van der Waals surface area contributed by atoms with Gasteiger partial charge in [-0.1, -0.05) is 58.4 Å². The minimum Gasteiger partial charge on any atom is -0.497 e. The topological polar surface area (TPSA) is 67.9 Å². The molecule has 0 spiro atoms. The Labute approximate surface area is 198 Å². The molecule has 1 atom stereocenters. The van der Waals surface area contributed by atoms with Crippen LogP contribution >= 0.6 is 0 Å². The molecule has 33 heavy (non-hydrogen) atoms. The largest absolute Gasteiger partial charge is 0.497 e. The van der Waals surface area contributed by atoms with E-state index in [-0.39, 0.29) is 30.4 Å². The standard InChI is InChI=1S/C27H38N2O4/c1-7-8-16-28-26(31)20(2)29(18-21-10-9-11-24(17-21)32-6)25(30)19-33-23-14-12-22(13-15-23)27(3,4)5/h9-15,17,20H,7-8,16,18-19H2,1-6H3,(H,28,31). The Morgan fingerprint density at radius 3 is 2.36 bits per heavy atom. The van der Waals surface area contributed by atoms with Gasteiger partial charge in [0.15, 0.2) is 6.61 Å². The van der Waals surface area contributed by atoms with Crippen molar-refractivity contribution < 1.29 is 19.1 Å². The second kappa shape index (κ2) is 12.3. The van der Waals surface area contributed by atoms with Crippen molar-refractivity contribution in [1.82, 2.24) is 10.2 Å². The maximum atomic E-state index is 13.2. The maximum Gasteiger partial charge on any atom is 0.261 e. The first-order valence-electron chi connectivity index (χ1n) is 11.6. The van der Waals surface area contributed by atoms with Crippen molar-refractivity contribution in [2.45, 2.75) is 65.5 Å². The molecule has 0 aliphatic rings. The normalized spacial score (nSPS) is 12.1. The number of nitrogens with one attached hydrogen (secondary N) is 1. The van der Waals surface area contributed by atoms with Crippen LogP contribution in [0.15, 0.2) is 48.5 Å². The van der Waals surface area contributed by atoms with E-state index in [9.17, 15) is 9.59 Å². The molecule has 180 valence electrons. The van der Waals surface area contributed by atoms with Gasteiger partial charge < -0.3 is 19.7 Å². The van der Waals surface area contributed by atoms with E-state index in [2.05, 4.69) is 33.0 Å². The number of rotatable bonds is 11. The van der Waals surface area contributed by atoms with E-state index in [0.717, 1.165) is 18.4 Å². The molecular formula is C27H38N2O4. The van der Waals surface area contributed by atoms with Gasteiger partial charge in [0, 0.05) is 13.1 Å². The Bertz CT molecular complexity index is 903. The minimum atomic E-state index is -0.632. The number of methoxy groups -OCH3 is 1. The van der Waals surface area contributed by atoms with E-state index in [1.165, 1.54) is 5.56 Å². The second-order valence-corrected chi connectivity index (χ2v) is 9.26. The molecule has 0 saturated carbocycles. The van der Waals surface area contributed by atoms with Crippen molar-refractivity contribution in [3.8, 4) is 11.5 Å². The van der Waals surface area contributed by atoms with Gasteiger partial charge in [0.25, 0.3) is 5.91 Å². The molecule has 1 N–H and O–H groups in total. The molecule has 1 unspecified atom stereocenters. The Kier molecular flexibility index (Phi) is 9.76. The predicted octanol–water partition coefficient (Wildman–Crippen LogP) is 4.71. The molecule has 2 rings (SSSR count). The third kappa shape index (κ3) is 8.12. The average Bonchev–Trinajstić information content (AvgIpc) is 2.80. The first kappa shape index (κ1) is 26.2. The molecule has 0 fully saturated rings. The molecule has 0 bridgehead atoms. The molecule has 0 radical (unpaired) electrons. The summed E-state index contributed by atoms with van der Waals surface area (Å²) in [6.45, 7) is 11.0. The summed E-state index contributed by atoms with van der Waals surface area (Å²) in [7, 11) is 1.60. The quantitative estimate of drug-likeness (QED) is 0.500. The number of unbranched alkanes of at least 4 members (excludes halogenated alkanes) is 1. The van der Waals surface area contributed by atoms with Gasteiger partial charge in [-0.25, -0.2) is 0 Å². The molecule has 0 aliphatic carbocycles. The first-order chi connectivity index (χ1) is 15.7. The average molecular weight is 455 g/mol. The zero-order valence-electron chi connectivity index (χ0n) is 20.8. The number of benzene rings is 2. The van der Waals surface area contributed by atoms with Crippen LogP contribution in [0.3, 0.4) is 0 Å². The van der Waals surface area contributed by atoms with Crippen LogP contribution < -0.4 is 14.8 Å². The zero-order chi connectivity index (χ0) is 24.4. The fourth-order valence-corrected chi connectivity index (χ4v) is 3.37. The van der Waals surface area contributed by atoms with E-state index >= 15 is 0 Å². The summed E-state index contributed by atoms with van der Waals surface area (Å²) in [5.74, 6) is 0.901. The smallest absolute Gasteiger partial charge is 0.261 e. The maximum absolute atomic E-state index is 13.2. The van der Waals surface area contributed by atoms with Crippen LogP contribution in [0.25, 0.3) is 0 Å². The summed E-state index contributed by atoms with van der Waals surface area (Å²) in [4.78, 5) is 27.4. The van der Waals surface area contributed by atoms with Crippen LogP contribution in [0.1, 0.15) is 58.6 Å². The molecule has 0 aromatic heterocycles. The number of hydrogen-bond donors (Lipinski definition) is 1. The first-order valence-corrected chi connectivity index (χ1v) is 11.6. The summed E-state index contributed by atoms with van der Waals surface area (Å²) in [5.41, 5.74) is 2.12. The van der Waals surface area contributed by atoms with Gasteiger partial charge in [-0.2, -0.15) is 0 Å². The molecule has 2 amide bonds. The van der Waals surface area contributed by atoms with E-state index in [4.69, 9.17) is 9.47 Å². The zero-order valence-corrected chi connectivity index (χ0v) is 20.8. The molecule has 0 heterocycles.